The Balaban J connectivity index is 2.93. The lowest BCUT2D eigenvalue weighted by molar-refractivity contribution is 0.232. The first-order valence-electron chi connectivity index (χ1n) is 6.27. The van der Waals surface area contributed by atoms with E-state index in [0.717, 1.165) is 5.69 Å². The van der Waals surface area contributed by atoms with E-state index < -0.39 is 0 Å². The molecule has 1 unspecified atom stereocenters. The number of hydrogen-bond acceptors (Lipinski definition) is 5. The minimum absolute atomic E-state index is 0.0175. The van der Waals surface area contributed by atoms with Crippen molar-refractivity contribution in [1.29, 1.82) is 0 Å². The van der Waals surface area contributed by atoms with Gasteiger partial charge in [-0.05, 0) is 41.5 Å². The molecule has 102 valence electrons. The van der Waals surface area contributed by atoms with Crippen LogP contribution in [-0.4, -0.2) is 27.7 Å². The Hall–Kier alpha value is -1.36. The summed E-state index contributed by atoms with van der Waals surface area (Å²) in [6.45, 7) is 11.8. The van der Waals surface area contributed by atoms with Gasteiger partial charge in [0.1, 0.15) is 0 Å². The summed E-state index contributed by atoms with van der Waals surface area (Å²) in [5, 5.41) is 3.24. The maximum atomic E-state index is 5.93. The van der Waals surface area contributed by atoms with E-state index in [2.05, 4.69) is 15.3 Å². The second kappa shape index (κ2) is 5.52. The molecule has 0 fully saturated rings. The molecule has 0 bridgehead atoms. The maximum Gasteiger partial charge on any atom is 0.226 e. The summed E-state index contributed by atoms with van der Waals surface area (Å²) in [4.78, 5) is 8.69. The van der Waals surface area contributed by atoms with Crippen LogP contribution in [0.25, 0.3) is 0 Å². The Bertz CT molecular complexity index is 402. The molecule has 1 aromatic rings. The van der Waals surface area contributed by atoms with Gasteiger partial charge in [-0.3, -0.25) is 0 Å². The van der Waals surface area contributed by atoms with E-state index in [9.17, 15) is 0 Å². The number of rotatable bonds is 5. The van der Waals surface area contributed by atoms with Gasteiger partial charge in [0.2, 0.25) is 11.8 Å². The van der Waals surface area contributed by atoms with Crippen molar-refractivity contribution in [2.75, 3.05) is 5.32 Å². The normalized spacial score (nSPS) is 13.6. The van der Waals surface area contributed by atoms with E-state index in [-0.39, 0.29) is 17.7 Å². The first-order valence-corrected chi connectivity index (χ1v) is 6.27. The number of aromatic nitrogens is 2. The predicted molar refractivity (Wildman–Crippen MR) is 73.9 cm³/mol. The Kier molecular flexibility index (Phi) is 4.51. The fourth-order valence-corrected chi connectivity index (χ4v) is 1.30. The maximum absolute atomic E-state index is 5.93. The molecule has 0 saturated heterocycles. The smallest absolute Gasteiger partial charge is 0.226 e. The minimum atomic E-state index is -0.275. The molecule has 0 amide bonds. The molecule has 0 spiro atoms. The summed E-state index contributed by atoms with van der Waals surface area (Å²) in [5.41, 5.74) is 6.52. The van der Waals surface area contributed by atoms with Crippen LogP contribution in [0, 0.1) is 6.92 Å². The molecule has 1 atom stereocenters. The van der Waals surface area contributed by atoms with Gasteiger partial charge in [-0.2, -0.15) is 4.98 Å². The van der Waals surface area contributed by atoms with Gasteiger partial charge in [-0.1, -0.05) is 0 Å². The average molecular weight is 252 g/mol. The average Bonchev–Trinajstić information content (AvgIpc) is 2.13. The zero-order valence-electron chi connectivity index (χ0n) is 12.1. The van der Waals surface area contributed by atoms with Gasteiger partial charge in [0, 0.05) is 23.3 Å². The first kappa shape index (κ1) is 14.7. The Morgan fingerprint density at radius 1 is 1.28 bits per heavy atom. The van der Waals surface area contributed by atoms with Gasteiger partial charge in [-0.15, -0.1) is 0 Å². The molecular formula is C13H24N4O. The quantitative estimate of drug-likeness (QED) is 0.839. The summed E-state index contributed by atoms with van der Waals surface area (Å²) in [5.74, 6) is 1.13. The molecule has 1 rings (SSSR count). The SMILES string of the molecule is Cc1cc(OC(C)C)nc(NC(C)(C)C(C)N)n1. The Labute approximate surface area is 109 Å². The van der Waals surface area contributed by atoms with E-state index in [4.69, 9.17) is 10.5 Å². The van der Waals surface area contributed by atoms with Crippen molar-refractivity contribution in [1.82, 2.24) is 9.97 Å². The van der Waals surface area contributed by atoms with Gasteiger partial charge < -0.3 is 15.8 Å². The lowest BCUT2D eigenvalue weighted by atomic mass is 9.97. The summed E-state index contributed by atoms with van der Waals surface area (Å²) >= 11 is 0. The molecular weight excluding hydrogens is 228 g/mol. The highest BCUT2D eigenvalue weighted by atomic mass is 16.5. The predicted octanol–water partition coefficient (Wildman–Crippen LogP) is 2.11. The zero-order valence-corrected chi connectivity index (χ0v) is 12.1. The van der Waals surface area contributed by atoms with Gasteiger partial charge in [0.25, 0.3) is 0 Å². The van der Waals surface area contributed by atoms with E-state index in [1.54, 1.807) is 0 Å². The molecule has 1 aromatic heterocycles. The van der Waals surface area contributed by atoms with E-state index >= 15 is 0 Å². The number of nitrogens with one attached hydrogen (secondary N) is 1. The molecule has 5 heteroatoms. The molecule has 3 N–H and O–H groups in total. The Morgan fingerprint density at radius 3 is 2.39 bits per heavy atom. The van der Waals surface area contributed by atoms with Crippen LogP contribution in [0.2, 0.25) is 0 Å². The number of hydrogen-bond donors (Lipinski definition) is 2. The molecule has 0 aromatic carbocycles. The van der Waals surface area contributed by atoms with Gasteiger partial charge in [0.15, 0.2) is 0 Å². The van der Waals surface area contributed by atoms with Crippen LogP contribution in [0.4, 0.5) is 5.95 Å². The standard InChI is InChI=1S/C13H24N4O/c1-8(2)18-11-7-9(3)15-12(16-11)17-13(5,6)10(4)14/h7-8,10H,14H2,1-6H3,(H,15,16,17). The monoisotopic (exact) mass is 252 g/mol. The molecule has 0 radical (unpaired) electrons. The van der Waals surface area contributed by atoms with Crippen LogP contribution in [0.3, 0.4) is 0 Å². The second-order valence-corrected chi connectivity index (χ2v) is 5.47. The third kappa shape index (κ3) is 4.14. The molecule has 5 nitrogen and oxygen atoms in total. The Morgan fingerprint density at radius 2 is 1.89 bits per heavy atom. The van der Waals surface area contributed by atoms with Crippen LogP contribution >= 0.6 is 0 Å². The van der Waals surface area contributed by atoms with Crippen molar-refractivity contribution < 1.29 is 4.74 Å². The van der Waals surface area contributed by atoms with Crippen LogP contribution < -0.4 is 15.8 Å². The number of ether oxygens (including phenoxy) is 1. The van der Waals surface area contributed by atoms with Crippen molar-refractivity contribution in [3.8, 4) is 5.88 Å². The van der Waals surface area contributed by atoms with Crippen molar-refractivity contribution in [3.05, 3.63) is 11.8 Å². The first-order chi connectivity index (χ1) is 8.20. The zero-order chi connectivity index (χ0) is 13.9. The number of nitrogens with zero attached hydrogens (tertiary/aromatic N) is 2. The summed E-state index contributed by atoms with van der Waals surface area (Å²) in [7, 11) is 0. The number of aryl methyl sites for hydroxylation is 1. The van der Waals surface area contributed by atoms with Gasteiger partial charge in [-0.25, -0.2) is 4.98 Å². The van der Waals surface area contributed by atoms with Crippen molar-refractivity contribution in [2.45, 2.75) is 59.2 Å². The highest BCUT2D eigenvalue weighted by Crippen LogP contribution is 2.18. The fourth-order valence-electron chi connectivity index (χ4n) is 1.30. The highest BCUT2D eigenvalue weighted by molar-refractivity contribution is 5.34. The third-order valence-corrected chi connectivity index (χ3v) is 2.76. The molecule has 0 saturated carbocycles. The molecule has 0 aliphatic rings. The van der Waals surface area contributed by atoms with Gasteiger partial charge >= 0.3 is 0 Å². The van der Waals surface area contributed by atoms with Crippen LogP contribution in [0.5, 0.6) is 5.88 Å². The molecule has 18 heavy (non-hydrogen) atoms. The van der Waals surface area contributed by atoms with Crippen molar-refractivity contribution in [2.24, 2.45) is 5.73 Å². The van der Waals surface area contributed by atoms with Crippen LogP contribution in [0.15, 0.2) is 6.07 Å². The number of nitrogens with two attached hydrogens (primary N) is 1. The minimum Gasteiger partial charge on any atom is -0.475 e. The van der Waals surface area contributed by atoms with Gasteiger partial charge in [0.05, 0.1) is 6.10 Å². The summed E-state index contributed by atoms with van der Waals surface area (Å²) < 4.78 is 5.59. The van der Waals surface area contributed by atoms with Crippen LogP contribution in [-0.2, 0) is 0 Å². The second-order valence-electron chi connectivity index (χ2n) is 5.47. The molecule has 0 aliphatic carbocycles. The molecule has 0 aliphatic heterocycles. The highest BCUT2D eigenvalue weighted by Gasteiger charge is 2.23. The third-order valence-electron chi connectivity index (χ3n) is 2.76. The fraction of sp³-hybridized carbons (Fsp3) is 0.692. The summed E-state index contributed by atoms with van der Waals surface area (Å²) in [6.07, 6.45) is 0.0913. The lowest BCUT2D eigenvalue weighted by Gasteiger charge is -2.30. The van der Waals surface area contributed by atoms with Crippen LogP contribution in [0.1, 0.15) is 40.3 Å². The number of anilines is 1. The van der Waals surface area contributed by atoms with Crippen molar-refractivity contribution >= 4 is 5.95 Å². The van der Waals surface area contributed by atoms with E-state index in [1.165, 1.54) is 0 Å². The molecule has 1 heterocycles. The van der Waals surface area contributed by atoms with E-state index in [0.29, 0.717) is 11.8 Å². The topological polar surface area (TPSA) is 73.1 Å². The van der Waals surface area contributed by atoms with Crippen molar-refractivity contribution in [3.63, 3.8) is 0 Å². The lowest BCUT2D eigenvalue weighted by Crippen LogP contribution is -2.47. The summed E-state index contributed by atoms with van der Waals surface area (Å²) in [6, 6.07) is 1.81. The largest absolute Gasteiger partial charge is 0.475 e. The van der Waals surface area contributed by atoms with E-state index in [1.807, 2.05) is 47.6 Å².